The van der Waals surface area contributed by atoms with Crippen molar-refractivity contribution in [2.45, 2.75) is 32.1 Å². The van der Waals surface area contributed by atoms with Crippen LogP contribution in [0.25, 0.3) is 0 Å². The number of carboxylic acid groups (broad SMARTS) is 1. The predicted molar refractivity (Wildman–Crippen MR) is 91.9 cm³/mol. The van der Waals surface area contributed by atoms with Gasteiger partial charge in [0, 0.05) is 17.7 Å². The Morgan fingerprint density at radius 3 is 2.58 bits per heavy atom. The molecule has 1 aromatic carbocycles. The van der Waals surface area contributed by atoms with Crippen LogP contribution in [0.4, 0.5) is 5.69 Å². The molecule has 136 valence electrons. The molecule has 0 spiro atoms. The molecule has 2 aromatic rings. The molecule has 1 aliphatic carbocycles. The number of aliphatic carboxylic acids is 1. The highest BCUT2D eigenvalue weighted by molar-refractivity contribution is 6.04. The highest BCUT2D eigenvalue weighted by Gasteiger charge is 2.23. The highest BCUT2D eigenvalue weighted by atomic mass is 16.5. The zero-order valence-corrected chi connectivity index (χ0v) is 14.1. The first-order chi connectivity index (χ1) is 12.5. The van der Waals surface area contributed by atoms with Gasteiger partial charge in [-0.25, -0.2) is 0 Å². The van der Waals surface area contributed by atoms with E-state index in [0.717, 1.165) is 37.0 Å². The summed E-state index contributed by atoms with van der Waals surface area (Å²) in [6.07, 6.45) is 3.75. The second-order valence-corrected chi connectivity index (χ2v) is 6.14. The van der Waals surface area contributed by atoms with Crippen molar-refractivity contribution in [3.8, 4) is 0 Å². The largest absolute Gasteiger partial charge is 0.480 e. The first kappa shape index (κ1) is 17.7. The van der Waals surface area contributed by atoms with Gasteiger partial charge in [0.25, 0.3) is 5.91 Å². The second kappa shape index (κ2) is 7.81. The third-order valence-electron chi connectivity index (χ3n) is 4.18. The van der Waals surface area contributed by atoms with Crippen LogP contribution in [0.3, 0.4) is 0 Å². The number of carboxylic acids is 1. The number of anilines is 1. The van der Waals surface area contributed by atoms with E-state index in [1.54, 1.807) is 24.3 Å². The maximum atomic E-state index is 12.4. The average Bonchev–Trinajstić information content (AvgIpc) is 3.06. The van der Waals surface area contributed by atoms with Crippen LogP contribution in [0.1, 0.15) is 40.2 Å². The summed E-state index contributed by atoms with van der Waals surface area (Å²) < 4.78 is 5.25. The Balaban J connectivity index is 1.59. The van der Waals surface area contributed by atoms with Crippen molar-refractivity contribution in [3.63, 3.8) is 0 Å². The van der Waals surface area contributed by atoms with E-state index < -0.39 is 12.5 Å². The van der Waals surface area contributed by atoms with E-state index >= 15 is 0 Å². The molecular formula is C18H19N3O5. The number of carbonyl (C=O) groups excluding carboxylic acids is 2. The van der Waals surface area contributed by atoms with Gasteiger partial charge in [-0.05, 0) is 37.0 Å². The van der Waals surface area contributed by atoms with Crippen molar-refractivity contribution in [1.29, 1.82) is 0 Å². The van der Waals surface area contributed by atoms with Gasteiger partial charge in [0.05, 0.1) is 6.42 Å². The van der Waals surface area contributed by atoms with Gasteiger partial charge in [0.2, 0.25) is 5.91 Å². The van der Waals surface area contributed by atoms with Gasteiger partial charge in [0.1, 0.15) is 12.3 Å². The van der Waals surface area contributed by atoms with Crippen molar-refractivity contribution in [2.75, 3.05) is 11.9 Å². The molecule has 0 radical (unpaired) electrons. The number of fused-ring (bicyclic) bond motifs is 1. The van der Waals surface area contributed by atoms with Crippen LogP contribution in [0.15, 0.2) is 28.8 Å². The van der Waals surface area contributed by atoms with Crippen molar-refractivity contribution in [3.05, 3.63) is 46.8 Å². The summed E-state index contributed by atoms with van der Waals surface area (Å²) in [4.78, 5) is 34.4. The lowest BCUT2D eigenvalue weighted by atomic mass is 9.96. The van der Waals surface area contributed by atoms with Crippen molar-refractivity contribution in [2.24, 2.45) is 0 Å². The van der Waals surface area contributed by atoms with Crippen LogP contribution in [-0.2, 0) is 28.9 Å². The third-order valence-corrected chi connectivity index (χ3v) is 4.18. The molecule has 0 atom stereocenters. The van der Waals surface area contributed by atoms with Gasteiger partial charge in [-0.3, -0.25) is 14.4 Å². The van der Waals surface area contributed by atoms with Crippen LogP contribution < -0.4 is 10.6 Å². The molecule has 0 unspecified atom stereocenters. The Labute approximate surface area is 149 Å². The number of rotatable bonds is 6. The lowest BCUT2D eigenvalue weighted by molar-refractivity contribution is -0.137. The Kier molecular flexibility index (Phi) is 5.31. The second-order valence-electron chi connectivity index (χ2n) is 6.14. The zero-order valence-electron chi connectivity index (χ0n) is 14.1. The van der Waals surface area contributed by atoms with Gasteiger partial charge in [-0.2, -0.15) is 0 Å². The maximum Gasteiger partial charge on any atom is 0.322 e. The number of hydrogen-bond donors (Lipinski definition) is 3. The predicted octanol–water partition coefficient (Wildman–Crippen LogP) is 1.55. The number of nitrogens with zero attached hydrogens (tertiary/aromatic N) is 1. The van der Waals surface area contributed by atoms with Crippen LogP contribution in [0.5, 0.6) is 0 Å². The van der Waals surface area contributed by atoms with Crippen molar-refractivity contribution < 1.29 is 24.0 Å². The number of aryl methyl sites for hydroxylation is 1. The Morgan fingerprint density at radius 1 is 1.12 bits per heavy atom. The van der Waals surface area contributed by atoms with Crippen molar-refractivity contribution >= 4 is 23.5 Å². The van der Waals surface area contributed by atoms with E-state index in [1.165, 1.54) is 0 Å². The lowest BCUT2D eigenvalue weighted by Gasteiger charge is -2.09. The molecule has 1 aliphatic rings. The Hall–Kier alpha value is -3.16. The van der Waals surface area contributed by atoms with Crippen LogP contribution in [-0.4, -0.2) is 34.6 Å². The third kappa shape index (κ3) is 4.27. The summed E-state index contributed by atoms with van der Waals surface area (Å²) in [5, 5.41) is 17.5. The fraction of sp³-hybridized carbons (Fsp3) is 0.333. The normalized spacial score (nSPS) is 12.9. The standard InChI is InChI=1S/C18H19N3O5/c22-15(19-10-16(23)24)9-11-5-7-12(8-6-11)20-18(25)17-13-3-1-2-4-14(13)26-21-17/h5-8H,1-4,9-10H2,(H,19,22)(H,20,25)(H,23,24). The SMILES string of the molecule is O=C(O)CNC(=O)Cc1ccc(NC(=O)c2noc3c2CCCC3)cc1. The lowest BCUT2D eigenvalue weighted by Crippen LogP contribution is -2.30. The number of hydrogen-bond acceptors (Lipinski definition) is 5. The number of nitrogens with one attached hydrogen (secondary N) is 2. The summed E-state index contributed by atoms with van der Waals surface area (Å²) in [5.74, 6) is -0.988. The fourth-order valence-corrected chi connectivity index (χ4v) is 2.88. The number of benzene rings is 1. The van der Waals surface area contributed by atoms with Crippen LogP contribution in [0, 0.1) is 0 Å². The van der Waals surface area contributed by atoms with Crippen LogP contribution >= 0.6 is 0 Å². The van der Waals surface area contributed by atoms with Gasteiger partial charge in [-0.1, -0.05) is 17.3 Å². The summed E-state index contributed by atoms with van der Waals surface area (Å²) >= 11 is 0. The smallest absolute Gasteiger partial charge is 0.322 e. The maximum absolute atomic E-state index is 12.4. The van der Waals surface area contributed by atoms with E-state index in [-0.39, 0.29) is 18.2 Å². The fourth-order valence-electron chi connectivity index (χ4n) is 2.88. The molecule has 1 heterocycles. The molecule has 0 saturated carbocycles. The molecule has 0 aliphatic heterocycles. The number of carbonyl (C=O) groups is 3. The van der Waals surface area contributed by atoms with E-state index in [4.69, 9.17) is 9.63 Å². The number of aromatic nitrogens is 1. The first-order valence-corrected chi connectivity index (χ1v) is 8.39. The summed E-state index contributed by atoms with van der Waals surface area (Å²) in [6, 6.07) is 6.77. The zero-order chi connectivity index (χ0) is 18.5. The molecule has 2 amide bonds. The van der Waals surface area contributed by atoms with Gasteiger partial charge < -0.3 is 20.3 Å². The molecule has 1 aromatic heterocycles. The molecule has 26 heavy (non-hydrogen) atoms. The quantitative estimate of drug-likeness (QED) is 0.721. The van der Waals surface area contributed by atoms with E-state index in [2.05, 4.69) is 15.8 Å². The molecule has 0 fully saturated rings. The minimum Gasteiger partial charge on any atom is -0.480 e. The van der Waals surface area contributed by atoms with Crippen molar-refractivity contribution in [1.82, 2.24) is 10.5 Å². The van der Waals surface area contributed by atoms with E-state index in [1.807, 2.05) is 0 Å². The molecule has 0 saturated heterocycles. The Morgan fingerprint density at radius 2 is 1.85 bits per heavy atom. The summed E-state index contributed by atoms with van der Waals surface area (Å²) in [5.41, 5.74) is 2.51. The minimum absolute atomic E-state index is 0.0678. The monoisotopic (exact) mass is 357 g/mol. The Bertz CT molecular complexity index is 826. The highest BCUT2D eigenvalue weighted by Crippen LogP contribution is 2.24. The summed E-state index contributed by atoms with van der Waals surface area (Å²) in [7, 11) is 0. The minimum atomic E-state index is -1.09. The first-order valence-electron chi connectivity index (χ1n) is 8.39. The van der Waals surface area contributed by atoms with Crippen LogP contribution in [0.2, 0.25) is 0 Å². The molecule has 8 nitrogen and oxygen atoms in total. The van der Waals surface area contributed by atoms with E-state index in [0.29, 0.717) is 16.9 Å². The topological polar surface area (TPSA) is 122 Å². The molecule has 0 bridgehead atoms. The number of amides is 2. The molecule has 3 N–H and O–H groups in total. The molecule has 3 rings (SSSR count). The summed E-state index contributed by atoms with van der Waals surface area (Å²) in [6.45, 7) is -0.408. The van der Waals surface area contributed by atoms with Gasteiger partial charge in [0.15, 0.2) is 5.69 Å². The molecular weight excluding hydrogens is 338 g/mol. The van der Waals surface area contributed by atoms with Gasteiger partial charge >= 0.3 is 5.97 Å². The van der Waals surface area contributed by atoms with E-state index in [9.17, 15) is 14.4 Å². The van der Waals surface area contributed by atoms with Gasteiger partial charge in [-0.15, -0.1) is 0 Å². The average molecular weight is 357 g/mol. The molecule has 8 heteroatoms.